The van der Waals surface area contributed by atoms with Crippen molar-refractivity contribution in [1.82, 2.24) is 15.1 Å². The van der Waals surface area contributed by atoms with E-state index in [4.69, 9.17) is 14.6 Å². The minimum absolute atomic E-state index is 0.0539. The average Bonchev–Trinajstić information content (AvgIpc) is 2.60. The Kier molecular flexibility index (Phi) is 7.87. The Bertz CT molecular complexity index is 632. The summed E-state index contributed by atoms with van der Waals surface area (Å²) in [5, 5.41) is 11.7. The zero-order chi connectivity index (χ0) is 19.8. The van der Waals surface area contributed by atoms with E-state index in [-0.39, 0.29) is 18.7 Å². The SMILES string of the molecule is Cc1cccc(C)c1OCCNC(=O)N1CCOC(CN(C)CC(=O)O)C1. The van der Waals surface area contributed by atoms with Gasteiger partial charge in [-0.1, -0.05) is 18.2 Å². The second-order valence-corrected chi connectivity index (χ2v) is 6.83. The van der Waals surface area contributed by atoms with Crippen molar-refractivity contribution in [3.05, 3.63) is 29.3 Å². The Morgan fingerprint density at radius 1 is 1.37 bits per heavy atom. The number of hydrogen-bond acceptors (Lipinski definition) is 5. The highest BCUT2D eigenvalue weighted by Crippen LogP contribution is 2.21. The number of carbonyl (C=O) groups is 2. The molecule has 1 aromatic carbocycles. The van der Waals surface area contributed by atoms with Crippen LogP contribution in [-0.4, -0.2) is 86.0 Å². The average molecular weight is 379 g/mol. The van der Waals surface area contributed by atoms with Gasteiger partial charge in [0, 0.05) is 19.6 Å². The van der Waals surface area contributed by atoms with Gasteiger partial charge in [0.2, 0.25) is 0 Å². The number of amides is 2. The highest BCUT2D eigenvalue weighted by atomic mass is 16.5. The summed E-state index contributed by atoms with van der Waals surface area (Å²) in [6.45, 7) is 6.61. The van der Waals surface area contributed by atoms with Crippen LogP contribution in [0.3, 0.4) is 0 Å². The van der Waals surface area contributed by atoms with Crippen molar-refractivity contribution in [2.24, 2.45) is 0 Å². The predicted molar refractivity (Wildman–Crippen MR) is 101 cm³/mol. The number of carboxylic acids is 1. The fourth-order valence-electron chi connectivity index (χ4n) is 3.11. The molecule has 0 aliphatic carbocycles. The Hall–Kier alpha value is -2.32. The third-order valence-corrected chi connectivity index (χ3v) is 4.38. The van der Waals surface area contributed by atoms with Crippen LogP contribution >= 0.6 is 0 Å². The zero-order valence-corrected chi connectivity index (χ0v) is 16.2. The number of benzene rings is 1. The van der Waals surface area contributed by atoms with E-state index in [9.17, 15) is 9.59 Å². The summed E-state index contributed by atoms with van der Waals surface area (Å²) in [4.78, 5) is 26.5. The maximum Gasteiger partial charge on any atom is 0.317 e. The van der Waals surface area contributed by atoms with Crippen LogP contribution in [0.2, 0.25) is 0 Å². The first kappa shape index (κ1) is 21.0. The minimum atomic E-state index is -0.883. The molecule has 0 aromatic heterocycles. The molecule has 1 aliphatic rings. The fraction of sp³-hybridized carbons (Fsp3) is 0.579. The summed E-state index contributed by atoms with van der Waals surface area (Å²) in [6.07, 6.45) is -0.195. The molecule has 150 valence electrons. The largest absolute Gasteiger partial charge is 0.491 e. The van der Waals surface area contributed by atoms with Crippen LogP contribution in [0, 0.1) is 13.8 Å². The summed E-state index contributed by atoms with van der Waals surface area (Å²) < 4.78 is 11.4. The molecule has 1 fully saturated rings. The van der Waals surface area contributed by atoms with Crippen LogP contribution in [0.25, 0.3) is 0 Å². The standard InChI is InChI=1S/C19H29N3O5/c1-14-5-4-6-15(2)18(14)27-9-7-20-19(25)22-8-10-26-16(12-22)11-21(3)13-17(23)24/h4-6,16H,7-13H2,1-3H3,(H,20,25)(H,23,24). The minimum Gasteiger partial charge on any atom is -0.491 e. The number of carbonyl (C=O) groups excluding carboxylic acids is 1. The van der Waals surface area contributed by atoms with E-state index in [1.165, 1.54) is 0 Å². The van der Waals surface area contributed by atoms with Gasteiger partial charge >= 0.3 is 12.0 Å². The van der Waals surface area contributed by atoms with E-state index in [0.717, 1.165) is 16.9 Å². The quantitative estimate of drug-likeness (QED) is 0.658. The van der Waals surface area contributed by atoms with E-state index < -0.39 is 5.97 Å². The van der Waals surface area contributed by atoms with Gasteiger partial charge in [-0.3, -0.25) is 9.69 Å². The molecule has 27 heavy (non-hydrogen) atoms. The van der Waals surface area contributed by atoms with Gasteiger partial charge < -0.3 is 24.8 Å². The number of para-hydroxylation sites is 1. The van der Waals surface area contributed by atoms with Crippen molar-refractivity contribution in [1.29, 1.82) is 0 Å². The summed E-state index contributed by atoms with van der Waals surface area (Å²) in [7, 11) is 1.72. The molecule has 0 saturated carbocycles. The van der Waals surface area contributed by atoms with E-state index in [1.807, 2.05) is 32.0 Å². The van der Waals surface area contributed by atoms with Crippen LogP contribution in [0.5, 0.6) is 5.75 Å². The second kappa shape index (κ2) is 10.1. The van der Waals surface area contributed by atoms with Gasteiger partial charge in [0.15, 0.2) is 0 Å². The van der Waals surface area contributed by atoms with Crippen molar-refractivity contribution in [2.75, 3.05) is 53.0 Å². The molecule has 1 aliphatic heterocycles. The number of hydrogen-bond donors (Lipinski definition) is 2. The first-order valence-corrected chi connectivity index (χ1v) is 9.10. The molecule has 2 amide bonds. The molecule has 2 rings (SSSR count). The summed E-state index contributed by atoms with van der Waals surface area (Å²) >= 11 is 0. The van der Waals surface area contributed by atoms with Gasteiger partial charge in [-0.2, -0.15) is 0 Å². The zero-order valence-electron chi connectivity index (χ0n) is 16.2. The van der Waals surface area contributed by atoms with Crippen LogP contribution in [0.1, 0.15) is 11.1 Å². The molecule has 0 radical (unpaired) electrons. The number of rotatable bonds is 8. The number of nitrogens with zero attached hydrogens (tertiary/aromatic N) is 2. The number of carboxylic acid groups (broad SMARTS) is 1. The second-order valence-electron chi connectivity index (χ2n) is 6.83. The number of aliphatic carboxylic acids is 1. The van der Waals surface area contributed by atoms with Crippen molar-refractivity contribution in [2.45, 2.75) is 20.0 Å². The van der Waals surface area contributed by atoms with Gasteiger partial charge in [-0.25, -0.2) is 4.79 Å². The van der Waals surface area contributed by atoms with Crippen LogP contribution < -0.4 is 10.1 Å². The number of ether oxygens (including phenoxy) is 2. The van der Waals surface area contributed by atoms with Crippen molar-refractivity contribution >= 4 is 12.0 Å². The first-order chi connectivity index (χ1) is 12.9. The van der Waals surface area contributed by atoms with Crippen LogP contribution in [0.15, 0.2) is 18.2 Å². The fourth-order valence-corrected chi connectivity index (χ4v) is 3.11. The number of aryl methyl sites for hydroxylation is 2. The van der Waals surface area contributed by atoms with Crippen LogP contribution in [0.4, 0.5) is 4.79 Å². The lowest BCUT2D eigenvalue weighted by atomic mass is 10.1. The lowest BCUT2D eigenvalue weighted by molar-refractivity contribution is -0.138. The molecule has 2 N–H and O–H groups in total. The maximum atomic E-state index is 12.3. The molecule has 1 unspecified atom stereocenters. The van der Waals surface area contributed by atoms with Gasteiger partial charge in [0.05, 0.1) is 25.8 Å². The Morgan fingerprint density at radius 2 is 2.07 bits per heavy atom. The molecule has 0 bridgehead atoms. The van der Waals surface area contributed by atoms with Gasteiger partial charge in [-0.05, 0) is 32.0 Å². The summed E-state index contributed by atoms with van der Waals surface area (Å²) in [6, 6.07) is 5.82. The lowest BCUT2D eigenvalue weighted by Gasteiger charge is -2.34. The number of urea groups is 1. The van der Waals surface area contributed by atoms with E-state index in [2.05, 4.69) is 5.32 Å². The van der Waals surface area contributed by atoms with E-state index >= 15 is 0 Å². The number of likely N-dealkylation sites (N-methyl/N-ethyl adjacent to an activating group) is 1. The number of nitrogens with one attached hydrogen (secondary N) is 1. The lowest BCUT2D eigenvalue weighted by Crippen LogP contribution is -2.52. The Morgan fingerprint density at radius 3 is 2.74 bits per heavy atom. The third-order valence-electron chi connectivity index (χ3n) is 4.38. The molecular weight excluding hydrogens is 350 g/mol. The smallest absolute Gasteiger partial charge is 0.317 e. The van der Waals surface area contributed by atoms with Crippen molar-refractivity contribution in [3.63, 3.8) is 0 Å². The first-order valence-electron chi connectivity index (χ1n) is 9.10. The molecule has 1 saturated heterocycles. The maximum absolute atomic E-state index is 12.3. The molecular formula is C19H29N3O5. The Labute approximate surface area is 160 Å². The predicted octanol–water partition coefficient (Wildman–Crippen LogP) is 1.11. The van der Waals surface area contributed by atoms with Gasteiger partial charge in [0.1, 0.15) is 12.4 Å². The monoisotopic (exact) mass is 379 g/mol. The summed E-state index contributed by atoms with van der Waals surface area (Å²) in [5.74, 6) is -0.0218. The Balaban J connectivity index is 1.73. The third kappa shape index (κ3) is 6.73. The van der Waals surface area contributed by atoms with Gasteiger partial charge in [-0.15, -0.1) is 0 Å². The van der Waals surface area contributed by atoms with E-state index in [1.54, 1.807) is 16.8 Å². The molecule has 1 atom stereocenters. The molecule has 1 aromatic rings. The topological polar surface area (TPSA) is 91.3 Å². The highest BCUT2D eigenvalue weighted by Gasteiger charge is 2.25. The molecule has 8 nitrogen and oxygen atoms in total. The van der Waals surface area contributed by atoms with Gasteiger partial charge in [0.25, 0.3) is 0 Å². The van der Waals surface area contributed by atoms with Crippen LogP contribution in [-0.2, 0) is 9.53 Å². The molecule has 8 heteroatoms. The highest BCUT2D eigenvalue weighted by molar-refractivity contribution is 5.74. The van der Waals surface area contributed by atoms with E-state index in [0.29, 0.717) is 39.4 Å². The normalized spacial score (nSPS) is 17.0. The summed E-state index contributed by atoms with van der Waals surface area (Å²) in [5.41, 5.74) is 2.14. The van der Waals surface area contributed by atoms with Crippen molar-refractivity contribution in [3.8, 4) is 5.75 Å². The van der Waals surface area contributed by atoms with Crippen molar-refractivity contribution < 1.29 is 24.2 Å². The molecule has 0 spiro atoms. The number of morpholine rings is 1. The molecule has 1 heterocycles.